The third-order valence-corrected chi connectivity index (χ3v) is 3.79. The molecule has 0 atom stereocenters. The molecule has 0 radical (unpaired) electrons. The van der Waals surface area contributed by atoms with Gasteiger partial charge in [-0.3, -0.25) is 4.79 Å². The van der Waals surface area contributed by atoms with Gasteiger partial charge in [0, 0.05) is 33.0 Å². The van der Waals surface area contributed by atoms with Crippen LogP contribution in [0.1, 0.15) is 15.9 Å². The quantitative estimate of drug-likeness (QED) is 0.737. The lowest BCUT2D eigenvalue weighted by Gasteiger charge is -2.17. The van der Waals surface area contributed by atoms with Crippen molar-refractivity contribution < 1.29 is 9.53 Å². The van der Waals surface area contributed by atoms with Crippen LogP contribution in [0.4, 0.5) is 5.95 Å². The summed E-state index contributed by atoms with van der Waals surface area (Å²) in [5.41, 5.74) is 1.46. The van der Waals surface area contributed by atoms with E-state index in [4.69, 9.17) is 4.74 Å². The van der Waals surface area contributed by atoms with Gasteiger partial charge in [0.1, 0.15) is 11.5 Å². The number of carbonyl (C=O) groups excluding carboxylic acids is 1. The number of para-hydroxylation sites is 1. The first-order valence-corrected chi connectivity index (χ1v) is 8.23. The van der Waals surface area contributed by atoms with Crippen molar-refractivity contribution >= 4 is 11.9 Å². The van der Waals surface area contributed by atoms with E-state index >= 15 is 0 Å². The van der Waals surface area contributed by atoms with Crippen LogP contribution in [0.2, 0.25) is 0 Å². The molecule has 0 aliphatic rings. The highest BCUT2D eigenvalue weighted by molar-refractivity contribution is 5.93. The SMILES string of the molecule is CNc1ncc(C(=O)N(C)Cc2ccc(Oc3ccccc3)cc2)cn1. The van der Waals surface area contributed by atoms with Crippen LogP contribution < -0.4 is 10.1 Å². The molecule has 26 heavy (non-hydrogen) atoms. The summed E-state index contributed by atoms with van der Waals surface area (Å²) < 4.78 is 5.77. The van der Waals surface area contributed by atoms with Crippen molar-refractivity contribution in [2.24, 2.45) is 0 Å². The van der Waals surface area contributed by atoms with Crippen LogP contribution in [0.25, 0.3) is 0 Å². The van der Waals surface area contributed by atoms with Crippen LogP contribution >= 0.6 is 0 Å². The number of carbonyl (C=O) groups is 1. The average molecular weight is 348 g/mol. The zero-order chi connectivity index (χ0) is 18.4. The fourth-order valence-electron chi connectivity index (χ4n) is 2.42. The maximum atomic E-state index is 12.5. The number of nitrogens with one attached hydrogen (secondary N) is 1. The van der Waals surface area contributed by atoms with Gasteiger partial charge in [-0.2, -0.15) is 0 Å². The lowest BCUT2D eigenvalue weighted by Crippen LogP contribution is -2.26. The predicted octanol–water partition coefficient (Wildman–Crippen LogP) is 3.58. The van der Waals surface area contributed by atoms with Gasteiger partial charge in [0.15, 0.2) is 0 Å². The highest BCUT2D eigenvalue weighted by Gasteiger charge is 2.13. The fraction of sp³-hybridized carbons (Fsp3) is 0.150. The van der Waals surface area contributed by atoms with Crippen LogP contribution in [-0.4, -0.2) is 34.9 Å². The Kier molecular flexibility index (Phi) is 5.43. The summed E-state index contributed by atoms with van der Waals surface area (Å²) in [5, 5.41) is 2.83. The van der Waals surface area contributed by atoms with Gasteiger partial charge >= 0.3 is 0 Å². The summed E-state index contributed by atoms with van der Waals surface area (Å²) in [7, 11) is 3.48. The summed E-state index contributed by atoms with van der Waals surface area (Å²) >= 11 is 0. The summed E-state index contributed by atoms with van der Waals surface area (Å²) in [6.07, 6.45) is 3.04. The Morgan fingerprint density at radius 3 is 2.23 bits per heavy atom. The summed E-state index contributed by atoms with van der Waals surface area (Å²) in [6.45, 7) is 0.484. The molecule has 0 aliphatic carbocycles. The van der Waals surface area contributed by atoms with Crippen LogP contribution in [0.15, 0.2) is 67.0 Å². The second kappa shape index (κ2) is 8.11. The molecule has 6 nitrogen and oxygen atoms in total. The molecule has 0 saturated heterocycles. The molecule has 0 aliphatic heterocycles. The third-order valence-electron chi connectivity index (χ3n) is 3.79. The van der Waals surface area contributed by atoms with Crippen LogP contribution in [0, 0.1) is 0 Å². The molecule has 1 amide bonds. The van der Waals surface area contributed by atoms with Crippen molar-refractivity contribution in [3.63, 3.8) is 0 Å². The first-order chi connectivity index (χ1) is 12.7. The Labute approximate surface area is 152 Å². The number of amides is 1. The van der Waals surface area contributed by atoms with Crippen LogP contribution in [0.5, 0.6) is 11.5 Å². The first kappa shape index (κ1) is 17.4. The topological polar surface area (TPSA) is 67.4 Å². The van der Waals surface area contributed by atoms with Gasteiger partial charge in [0.2, 0.25) is 5.95 Å². The summed E-state index contributed by atoms with van der Waals surface area (Å²) in [4.78, 5) is 22.2. The van der Waals surface area contributed by atoms with Crippen molar-refractivity contribution in [2.45, 2.75) is 6.54 Å². The molecule has 132 valence electrons. The number of nitrogens with zero attached hydrogens (tertiary/aromatic N) is 3. The molecule has 0 spiro atoms. The molecule has 0 fully saturated rings. The lowest BCUT2D eigenvalue weighted by molar-refractivity contribution is 0.0784. The Balaban J connectivity index is 1.61. The maximum Gasteiger partial charge on any atom is 0.257 e. The minimum atomic E-state index is -0.128. The monoisotopic (exact) mass is 348 g/mol. The lowest BCUT2D eigenvalue weighted by atomic mass is 10.2. The van der Waals surface area contributed by atoms with Gasteiger partial charge in [-0.05, 0) is 29.8 Å². The van der Waals surface area contributed by atoms with E-state index in [1.165, 1.54) is 12.4 Å². The Morgan fingerprint density at radius 1 is 1.00 bits per heavy atom. The zero-order valence-corrected chi connectivity index (χ0v) is 14.7. The van der Waals surface area contributed by atoms with E-state index in [1.807, 2.05) is 54.6 Å². The molecule has 0 saturated carbocycles. The molecule has 0 bridgehead atoms. The highest BCUT2D eigenvalue weighted by atomic mass is 16.5. The second-order valence-corrected chi connectivity index (χ2v) is 5.77. The van der Waals surface area contributed by atoms with Crippen molar-refractivity contribution in [3.05, 3.63) is 78.1 Å². The first-order valence-electron chi connectivity index (χ1n) is 8.23. The van der Waals surface area contributed by atoms with Crippen molar-refractivity contribution in [1.29, 1.82) is 0 Å². The van der Waals surface area contributed by atoms with E-state index in [1.54, 1.807) is 19.0 Å². The molecule has 3 aromatic rings. The van der Waals surface area contributed by atoms with Gasteiger partial charge in [0.05, 0.1) is 5.56 Å². The second-order valence-electron chi connectivity index (χ2n) is 5.77. The zero-order valence-electron chi connectivity index (χ0n) is 14.7. The fourth-order valence-corrected chi connectivity index (χ4v) is 2.42. The van der Waals surface area contributed by atoms with Gasteiger partial charge in [0.25, 0.3) is 5.91 Å². The number of aromatic nitrogens is 2. The highest BCUT2D eigenvalue weighted by Crippen LogP contribution is 2.21. The average Bonchev–Trinajstić information content (AvgIpc) is 2.70. The third kappa shape index (κ3) is 4.36. The van der Waals surface area contributed by atoms with Crippen molar-refractivity contribution in [3.8, 4) is 11.5 Å². The largest absolute Gasteiger partial charge is 0.457 e. The Morgan fingerprint density at radius 2 is 1.62 bits per heavy atom. The molecule has 6 heteroatoms. The minimum Gasteiger partial charge on any atom is -0.457 e. The van der Waals surface area contributed by atoms with Gasteiger partial charge < -0.3 is 15.0 Å². The van der Waals surface area contributed by atoms with Crippen molar-refractivity contribution in [2.75, 3.05) is 19.4 Å². The maximum absolute atomic E-state index is 12.5. The molecule has 1 N–H and O–H groups in total. The Bertz CT molecular complexity index is 849. The van der Waals surface area contributed by atoms with E-state index in [9.17, 15) is 4.79 Å². The van der Waals surface area contributed by atoms with E-state index in [-0.39, 0.29) is 5.91 Å². The molecule has 0 unspecified atom stereocenters. The van der Waals surface area contributed by atoms with E-state index in [0.717, 1.165) is 17.1 Å². The molecular weight excluding hydrogens is 328 g/mol. The number of hydrogen-bond donors (Lipinski definition) is 1. The van der Waals surface area contributed by atoms with Crippen molar-refractivity contribution in [1.82, 2.24) is 14.9 Å². The number of ether oxygens (including phenoxy) is 1. The molecule has 2 aromatic carbocycles. The molecule has 1 heterocycles. The van der Waals surface area contributed by atoms with E-state index in [2.05, 4.69) is 15.3 Å². The van der Waals surface area contributed by atoms with E-state index in [0.29, 0.717) is 18.1 Å². The molecule has 3 rings (SSSR count). The minimum absolute atomic E-state index is 0.128. The summed E-state index contributed by atoms with van der Waals surface area (Å²) in [6, 6.07) is 17.3. The number of benzene rings is 2. The normalized spacial score (nSPS) is 10.2. The van der Waals surface area contributed by atoms with E-state index < -0.39 is 0 Å². The summed E-state index contributed by atoms with van der Waals surface area (Å²) in [5.74, 6) is 1.90. The standard InChI is InChI=1S/C20H20N4O2/c1-21-20-22-12-16(13-23-20)19(25)24(2)14-15-8-10-18(11-9-15)26-17-6-4-3-5-7-17/h3-13H,14H2,1-2H3,(H,21,22,23). The predicted molar refractivity (Wildman–Crippen MR) is 100 cm³/mol. The smallest absolute Gasteiger partial charge is 0.257 e. The Hall–Kier alpha value is -3.41. The van der Waals surface area contributed by atoms with Gasteiger partial charge in [-0.25, -0.2) is 9.97 Å². The van der Waals surface area contributed by atoms with Gasteiger partial charge in [-0.1, -0.05) is 30.3 Å². The van der Waals surface area contributed by atoms with Crippen LogP contribution in [-0.2, 0) is 6.54 Å². The van der Waals surface area contributed by atoms with Gasteiger partial charge in [-0.15, -0.1) is 0 Å². The number of anilines is 1. The van der Waals surface area contributed by atoms with Crippen LogP contribution in [0.3, 0.4) is 0 Å². The molecular formula is C20H20N4O2. The molecule has 1 aromatic heterocycles. The number of rotatable bonds is 6. The number of hydrogen-bond acceptors (Lipinski definition) is 5.